The third-order valence-electron chi connectivity index (χ3n) is 2.53. The molecule has 0 bridgehead atoms. The fraction of sp³-hybridized carbons (Fsp3) is 0.154. The predicted molar refractivity (Wildman–Crippen MR) is 69.9 cm³/mol. The van der Waals surface area contributed by atoms with E-state index < -0.39 is 0 Å². The summed E-state index contributed by atoms with van der Waals surface area (Å²) in [6.07, 6.45) is 1.47. The number of benzene rings is 1. The SMILES string of the molecule is CC(=O)c1cnc(-c2cc(F)ccc2Br)nc1C. The van der Waals surface area contributed by atoms with Crippen LogP contribution in [-0.2, 0) is 0 Å². The van der Waals surface area contributed by atoms with Gasteiger partial charge in [0, 0.05) is 16.2 Å². The molecular formula is C13H10BrFN2O. The Morgan fingerprint density at radius 2 is 2.11 bits per heavy atom. The summed E-state index contributed by atoms with van der Waals surface area (Å²) in [6.45, 7) is 3.19. The van der Waals surface area contributed by atoms with Crippen LogP contribution in [0.15, 0.2) is 28.9 Å². The Bertz CT molecular complexity index is 628. The Labute approximate surface area is 112 Å². The molecule has 3 nitrogen and oxygen atoms in total. The Kier molecular flexibility index (Phi) is 3.52. The van der Waals surface area contributed by atoms with E-state index in [1.54, 1.807) is 13.0 Å². The summed E-state index contributed by atoms with van der Waals surface area (Å²) in [4.78, 5) is 19.6. The molecule has 0 atom stereocenters. The average Bonchev–Trinajstić information content (AvgIpc) is 2.31. The van der Waals surface area contributed by atoms with E-state index >= 15 is 0 Å². The number of nitrogens with zero attached hydrogens (tertiary/aromatic N) is 2. The number of carbonyl (C=O) groups excluding carboxylic acids is 1. The third kappa shape index (κ3) is 2.46. The number of carbonyl (C=O) groups is 1. The molecule has 0 aliphatic heterocycles. The standard InChI is InChI=1S/C13H10BrFN2O/c1-7-11(8(2)18)6-16-13(17-7)10-5-9(15)3-4-12(10)14/h3-6H,1-2H3. The predicted octanol–water partition coefficient (Wildman–Crippen LogP) is 3.56. The van der Waals surface area contributed by atoms with Crippen LogP contribution in [0.5, 0.6) is 0 Å². The summed E-state index contributed by atoms with van der Waals surface area (Å²) in [6, 6.07) is 4.30. The maximum absolute atomic E-state index is 13.2. The average molecular weight is 309 g/mol. The molecule has 0 spiro atoms. The molecule has 1 heterocycles. The van der Waals surface area contributed by atoms with E-state index in [0.717, 1.165) is 0 Å². The second kappa shape index (κ2) is 4.94. The van der Waals surface area contributed by atoms with Gasteiger partial charge in [0.2, 0.25) is 0 Å². The van der Waals surface area contributed by atoms with Crippen LogP contribution in [-0.4, -0.2) is 15.8 Å². The second-order valence-electron chi connectivity index (χ2n) is 3.87. The van der Waals surface area contributed by atoms with E-state index in [9.17, 15) is 9.18 Å². The number of aryl methyl sites for hydroxylation is 1. The summed E-state index contributed by atoms with van der Waals surface area (Å²) in [5.41, 5.74) is 1.63. The van der Waals surface area contributed by atoms with Crippen LogP contribution >= 0.6 is 15.9 Å². The molecule has 0 saturated heterocycles. The first-order valence-electron chi connectivity index (χ1n) is 5.29. The van der Waals surface area contributed by atoms with Gasteiger partial charge in [0.15, 0.2) is 11.6 Å². The zero-order valence-corrected chi connectivity index (χ0v) is 11.5. The Hall–Kier alpha value is -1.62. The molecule has 0 amide bonds. The van der Waals surface area contributed by atoms with Gasteiger partial charge < -0.3 is 0 Å². The van der Waals surface area contributed by atoms with Crippen LogP contribution in [0.4, 0.5) is 4.39 Å². The van der Waals surface area contributed by atoms with E-state index in [-0.39, 0.29) is 11.6 Å². The molecule has 0 aliphatic rings. The lowest BCUT2D eigenvalue weighted by molar-refractivity contribution is 0.101. The van der Waals surface area contributed by atoms with Gasteiger partial charge in [-0.05, 0) is 32.0 Å². The Morgan fingerprint density at radius 3 is 2.72 bits per heavy atom. The minimum absolute atomic E-state index is 0.0858. The Balaban J connectivity index is 2.55. The molecule has 2 rings (SSSR count). The van der Waals surface area contributed by atoms with Gasteiger partial charge in [-0.15, -0.1) is 0 Å². The highest BCUT2D eigenvalue weighted by molar-refractivity contribution is 9.10. The molecule has 0 unspecified atom stereocenters. The van der Waals surface area contributed by atoms with Crippen molar-refractivity contribution in [3.05, 3.63) is 45.9 Å². The molecule has 1 aromatic heterocycles. The summed E-state index contributed by atoms with van der Waals surface area (Å²) in [5.74, 6) is -0.0497. The highest BCUT2D eigenvalue weighted by Gasteiger charge is 2.11. The van der Waals surface area contributed by atoms with Crippen molar-refractivity contribution in [3.63, 3.8) is 0 Å². The monoisotopic (exact) mass is 308 g/mol. The lowest BCUT2D eigenvalue weighted by Crippen LogP contribution is -2.02. The van der Waals surface area contributed by atoms with Crippen molar-refractivity contribution in [2.45, 2.75) is 13.8 Å². The number of Topliss-reactive ketones (excluding diaryl/α,β-unsaturated/α-hetero) is 1. The molecule has 0 radical (unpaired) electrons. The van der Waals surface area contributed by atoms with Gasteiger partial charge in [-0.2, -0.15) is 0 Å². The largest absolute Gasteiger partial charge is 0.294 e. The number of hydrogen-bond donors (Lipinski definition) is 0. The van der Waals surface area contributed by atoms with Gasteiger partial charge in [-0.3, -0.25) is 4.79 Å². The summed E-state index contributed by atoms with van der Waals surface area (Å²) < 4.78 is 13.9. The van der Waals surface area contributed by atoms with Crippen molar-refractivity contribution in [1.29, 1.82) is 0 Å². The van der Waals surface area contributed by atoms with E-state index in [4.69, 9.17) is 0 Å². The number of halogens is 2. The number of ketones is 1. The quantitative estimate of drug-likeness (QED) is 0.797. The zero-order chi connectivity index (χ0) is 13.3. The van der Waals surface area contributed by atoms with Gasteiger partial charge in [0.25, 0.3) is 0 Å². The first kappa shape index (κ1) is 12.8. The maximum atomic E-state index is 13.2. The highest BCUT2D eigenvalue weighted by atomic mass is 79.9. The molecule has 0 N–H and O–H groups in total. The van der Waals surface area contributed by atoms with Gasteiger partial charge in [-0.25, -0.2) is 14.4 Å². The molecule has 1 aromatic carbocycles. The highest BCUT2D eigenvalue weighted by Crippen LogP contribution is 2.26. The summed E-state index contributed by atoms with van der Waals surface area (Å²) in [7, 11) is 0. The zero-order valence-electron chi connectivity index (χ0n) is 9.87. The van der Waals surface area contributed by atoms with Crippen LogP contribution in [0.3, 0.4) is 0 Å². The van der Waals surface area contributed by atoms with Gasteiger partial charge in [0.1, 0.15) is 5.82 Å². The van der Waals surface area contributed by atoms with E-state index in [0.29, 0.717) is 27.1 Å². The lowest BCUT2D eigenvalue weighted by Gasteiger charge is -2.06. The van der Waals surface area contributed by atoms with Gasteiger partial charge in [0.05, 0.1) is 11.3 Å². The van der Waals surface area contributed by atoms with Crippen LogP contribution in [0.1, 0.15) is 23.0 Å². The van der Waals surface area contributed by atoms with Crippen molar-refractivity contribution in [2.24, 2.45) is 0 Å². The molecule has 0 fully saturated rings. The lowest BCUT2D eigenvalue weighted by atomic mass is 10.1. The number of aromatic nitrogens is 2. The molecule has 92 valence electrons. The summed E-state index contributed by atoms with van der Waals surface area (Å²) >= 11 is 3.33. The second-order valence-corrected chi connectivity index (χ2v) is 4.73. The Morgan fingerprint density at radius 1 is 1.39 bits per heavy atom. The van der Waals surface area contributed by atoms with Crippen molar-refractivity contribution in [2.75, 3.05) is 0 Å². The first-order valence-corrected chi connectivity index (χ1v) is 6.08. The minimum Gasteiger partial charge on any atom is -0.294 e. The van der Waals surface area contributed by atoms with Gasteiger partial charge >= 0.3 is 0 Å². The smallest absolute Gasteiger partial charge is 0.163 e. The number of hydrogen-bond acceptors (Lipinski definition) is 3. The molecule has 2 aromatic rings. The van der Waals surface area contributed by atoms with Crippen LogP contribution < -0.4 is 0 Å². The van der Waals surface area contributed by atoms with Gasteiger partial charge in [-0.1, -0.05) is 15.9 Å². The van der Waals surface area contributed by atoms with E-state index in [1.165, 1.54) is 25.3 Å². The molecule has 0 saturated carbocycles. The van der Waals surface area contributed by atoms with E-state index in [2.05, 4.69) is 25.9 Å². The van der Waals surface area contributed by atoms with Crippen LogP contribution in [0, 0.1) is 12.7 Å². The maximum Gasteiger partial charge on any atom is 0.163 e. The molecule has 0 aliphatic carbocycles. The van der Waals surface area contributed by atoms with Crippen molar-refractivity contribution >= 4 is 21.7 Å². The summed E-state index contributed by atoms with van der Waals surface area (Å²) in [5, 5.41) is 0. The molecular weight excluding hydrogens is 299 g/mol. The van der Waals surface area contributed by atoms with Crippen molar-refractivity contribution < 1.29 is 9.18 Å². The van der Waals surface area contributed by atoms with E-state index in [1.807, 2.05) is 0 Å². The third-order valence-corrected chi connectivity index (χ3v) is 3.22. The van der Waals surface area contributed by atoms with Crippen LogP contribution in [0.25, 0.3) is 11.4 Å². The normalized spacial score (nSPS) is 10.4. The minimum atomic E-state index is -0.356. The first-order chi connectivity index (χ1) is 8.49. The number of rotatable bonds is 2. The van der Waals surface area contributed by atoms with Crippen molar-refractivity contribution in [3.8, 4) is 11.4 Å². The molecule has 5 heteroatoms. The fourth-order valence-corrected chi connectivity index (χ4v) is 2.04. The molecule has 18 heavy (non-hydrogen) atoms. The topological polar surface area (TPSA) is 42.9 Å². The fourth-order valence-electron chi connectivity index (χ4n) is 1.61. The van der Waals surface area contributed by atoms with Crippen LogP contribution in [0.2, 0.25) is 0 Å². The van der Waals surface area contributed by atoms with Crippen molar-refractivity contribution in [1.82, 2.24) is 9.97 Å².